The van der Waals surface area contributed by atoms with Gasteiger partial charge in [0.2, 0.25) is 10.0 Å². The molecule has 0 radical (unpaired) electrons. The molecule has 0 spiro atoms. The number of hydrogen-bond acceptors (Lipinski definition) is 5. The molecule has 3 rings (SSSR count). The first-order valence-electron chi connectivity index (χ1n) is 7.88. The molecule has 1 aromatic carbocycles. The number of rotatable bonds is 5. The van der Waals surface area contributed by atoms with Gasteiger partial charge in [-0.1, -0.05) is 12.1 Å². The van der Waals surface area contributed by atoms with Crippen molar-refractivity contribution in [2.75, 3.05) is 24.6 Å². The molecule has 1 fully saturated rings. The molecule has 1 atom stereocenters. The summed E-state index contributed by atoms with van der Waals surface area (Å²) in [7, 11) is -3.54. The van der Waals surface area contributed by atoms with Crippen molar-refractivity contribution in [3.8, 4) is 0 Å². The number of carbonyl (C=O) groups is 1. The van der Waals surface area contributed by atoms with Gasteiger partial charge in [-0.05, 0) is 48.6 Å². The lowest BCUT2D eigenvalue weighted by Crippen LogP contribution is -2.50. The minimum atomic E-state index is -3.54. The molecule has 1 aromatic heterocycles. The van der Waals surface area contributed by atoms with Gasteiger partial charge in [0.25, 0.3) is 5.91 Å². The number of ether oxygens (including phenoxy) is 1. The summed E-state index contributed by atoms with van der Waals surface area (Å²) in [5.41, 5.74) is 2.96. The molecule has 0 aliphatic carbocycles. The van der Waals surface area contributed by atoms with E-state index in [0.717, 1.165) is 28.2 Å². The van der Waals surface area contributed by atoms with Crippen molar-refractivity contribution in [1.29, 1.82) is 0 Å². The number of amides is 1. The summed E-state index contributed by atoms with van der Waals surface area (Å²) in [5.74, 6) is -0.123. The topological polar surface area (TPSA) is 75.7 Å². The zero-order valence-electron chi connectivity index (χ0n) is 14.1. The van der Waals surface area contributed by atoms with Crippen LogP contribution in [0.5, 0.6) is 0 Å². The number of aryl methyl sites for hydroxylation is 2. The average molecular weight is 380 g/mol. The Morgan fingerprint density at radius 2 is 2.00 bits per heavy atom. The lowest BCUT2D eigenvalue weighted by Gasteiger charge is -2.33. The fourth-order valence-corrected chi connectivity index (χ4v) is 4.90. The molecule has 134 valence electrons. The SMILES string of the molecule is Cc1cc(C)cc(N2CC(CNS(=O)(=O)c3cccs3)OCC2=O)c1. The Morgan fingerprint density at radius 3 is 2.64 bits per heavy atom. The van der Waals surface area contributed by atoms with Crippen LogP contribution in [0.3, 0.4) is 0 Å². The van der Waals surface area contributed by atoms with Gasteiger partial charge < -0.3 is 9.64 Å². The zero-order valence-corrected chi connectivity index (χ0v) is 15.7. The molecule has 1 N–H and O–H groups in total. The van der Waals surface area contributed by atoms with Gasteiger partial charge in [0.05, 0.1) is 12.6 Å². The summed E-state index contributed by atoms with van der Waals surface area (Å²) in [5, 5.41) is 1.71. The van der Waals surface area contributed by atoms with E-state index in [4.69, 9.17) is 4.74 Å². The highest BCUT2D eigenvalue weighted by Crippen LogP contribution is 2.22. The Balaban J connectivity index is 1.69. The van der Waals surface area contributed by atoms with Crippen LogP contribution in [0.4, 0.5) is 5.69 Å². The second-order valence-corrected chi connectivity index (χ2v) is 9.01. The number of thiophene rings is 1. The molecule has 0 bridgehead atoms. The zero-order chi connectivity index (χ0) is 18.0. The second kappa shape index (κ2) is 7.25. The molecule has 1 saturated heterocycles. The van der Waals surface area contributed by atoms with E-state index in [1.165, 1.54) is 0 Å². The highest BCUT2D eigenvalue weighted by molar-refractivity contribution is 7.91. The number of benzene rings is 1. The molecule has 1 amide bonds. The van der Waals surface area contributed by atoms with Gasteiger partial charge in [0.1, 0.15) is 10.8 Å². The summed E-state index contributed by atoms with van der Waals surface area (Å²) in [6.45, 7) is 4.34. The Morgan fingerprint density at radius 1 is 1.28 bits per heavy atom. The van der Waals surface area contributed by atoms with Gasteiger partial charge in [-0.25, -0.2) is 13.1 Å². The number of nitrogens with zero attached hydrogens (tertiary/aromatic N) is 1. The predicted molar refractivity (Wildman–Crippen MR) is 97.5 cm³/mol. The summed E-state index contributed by atoms with van der Waals surface area (Å²) >= 11 is 1.16. The summed E-state index contributed by atoms with van der Waals surface area (Å²) in [6, 6.07) is 9.18. The van der Waals surface area contributed by atoms with Crippen molar-refractivity contribution in [2.24, 2.45) is 0 Å². The quantitative estimate of drug-likeness (QED) is 0.862. The molecule has 25 heavy (non-hydrogen) atoms. The van der Waals surface area contributed by atoms with Crippen LogP contribution >= 0.6 is 11.3 Å². The van der Waals surface area contributed by atoms with E-state index in [9.17, 15) is 13.2 Å². The maximum absolute atomic E-state index is 12.2. The van der Waals surface area contributed by atoms with Crippen LogP contribution in [0.1, 0.15) is 11.1 Å². The molecule has 8 heteroatoms. The number of sulfonamides is 1. The van der Waals surface area contributed by atoms with E-state index in [-0.39, 0.29) is 23.3 Å². The number of morpholine rings is 1. The maximum Gasteiger partial charge on any atom is 0.253 e. The van der Waals surface area contributed by atoms with Crippen LogP contribution in [0.2, 0.25) is 0 Å². The van der Waals surface area contributed by atoms with Gasteiger partial charge in [-0.3, -0.25) is 4.79 Å². The number of carbonyl (C=O) groups excluding carboxylic acids is 1. The van der Waals surface area contributed by atoms with E-state index >= 15 is 0 Å². The van der Waals surface area contributed by atoms with Gasteiger partial charge in [0.15, 0.2) is 0 Å². The number of hydrogen-bond donors (Lipinski definition) is 1. The normalized spacial score (nSPS) is 18.6. The first kappa shape index (κ1) is 18.1. The van der Waals surface area contributed by atoms with E-state index in [0.29, 0.717) is 6.54 Å². The van der Waals surface area contributed by atoms with Crippen molar-refractivity contribution < 1.29 is 17.9 Å². The van der Waals surface area contributed by atoms with Crippen LogP contribution < -0.4 is 9.62 Å². The fraction of sp³-hybridized carbons (Fsp3) is 0.353. The minimum Gasteiger partial charge on any atom is -0.365 e. The highest BCUT2D eigenvalue weighted by Gasteiger charge is 2.29. The molecule has 6 nitrogen and oxygen atoms in total. The van der Waals surface area contributed by atoms with Crippen molar-refractivity contribution in [3.63, 3.8) is 0 Å². The second-order valence-electron chi connectivity index (χ2n) is 6.07. The molecule has 2 heterocycles. The minimum absolute atomic E-state index is 0.0572. The fourth-order valence-electron chi connectivity index (χ4n) is 2.79. The predicted octanol–water partition coefficient (Wildman–Crippen LogP) is 2.08. The van der Waals surface area contributed by atoms with Crippen molar-refractivity contribution in [1.82, 2.24) is 4.72 Å². The highest BCUT2D eigenvalue weighted by atomic mass is 32.2. The molecular formula is C17H20N2O4S2. The third kappa shape index (κ3) is 4.27. The van der Waals surface area contributed by atoms with Gasteiger partial charge >= 0.3 is 0 Å². The van der Waals surface area contributed by atoms with Gasteiger partial charge in [0, 0.05) is 12.2 Å². The van der Waals surface area contributed by atoms with Crippen LogP contribution in [-0.4, -0.2) is 40.1 Å². The third-order valence-electron chi connectivity index (χ3n) is 3.91. The smallest absolute Gasteiger partial charge is 0.253 e. The largest absolute Gasteiger partial charge is 0.365 e. The average Bonchev–Trinajstić information content (AvgIpc) is 3.08. The Kier molecular flexibility index (Phi) is 5.24. The third-order valence-corrected chi connectivity index (χ3v) is 6.73. The monoisotopic (exact) mass is 380 g/mol. The van der Waals surface area contributed by atoms with Gasteiger partial charge in [-0.2, -0.15) is 0 Å². The molecule has 1 unspecified atom stereocenters. The lowest BCUT2D eigenvalue weighted by atomic mass is 10.1. The maximum atomic E-state index is 12.2. The Bertz CT molecular complexity index is 843. The Hall–Kier alpha value is -1.74. The first-order chi connectivity index (χ1) is 11.8. The van der Waals surface area contributed by atoms with Crippen LogP contribution in [0.25, 0.3) is 0 Å². The van der Waals surface area contributed by atoms with E-state index in [2.05, 4.69) is 4.72 Å². The first-order valence-corrected chi connectivity index (χ1v) is 10.2. The van der Waals surface area contributed by atoms with E-state index in [1.807, 2.05) is 32.0 Å². The van der Waals surface area contributed by atoms with E-state index in [1.54, 1.807) is 22.4 Å². The van der Waals surface area contributed by atoms with Crippen molar-refractivity contribution in [2.45, 2.75) is 24.2 Å². The van der Waals surface area contributed by atoms with Crippen molar-refractivity contribution >= 4 is 33.0 Å². The summed E-state index contributed by atoms with van der Waals surface area (Å²) in [4.78, 5) is 13.9. The standard InChI is InChI=1S/C17H20N2O4S2/c1-12-6-13(2)8-14(7-12)19-10-15(23-11-16(19)20)9-18-25(21,22)17-4-3-5-24-17/h3-8,15,18H,9-11H2,1-2H3. The number of nitrogens with one attached hydrogen (secondary N) is 1. The summed E-state index contributed by atoms with van der Waals surface area (Å²) in [6.07, 6.45) is -0.395. The Labute approximate surface area is 151 Å². The van der Waals surface area contributed by atoms with E-state index < -0.39 is 16.1 Å². The summed E-state index contributed by atoms with van der Waals surface area (Å²) < 4.78 is 32.7. The van der Waals surface area contributed by atoms with Crippen LogP contribution in [0, 0.1) is 13.8 Å². The molecule has 1 aliphatic rings. The van der Waals surface area contributed by atoms with Crippen LogP contribution in [-0.2, 0) is 19.6 Å². The van der Waals surface area contributed by atoms with Crippen molar-refractivity contribution in [3.05, 3.63) is 46.8 Å². The number of anilines is 1. The molecule has 0 saturated carbocycles. The van der Waals surface area contributed by atoms with Gasteiger partial charge in [-0.15, -0.1) is 11.3 Å². The van der Waals surface area contributed by atoms with Crippen LogP contribution in [0.15, 0.2) is 39.9 Å². The molecular weight excluding hydrogens is 360 g/mol. The molecule has 1 aliphatic heterocycles. The molecule has 2 aromatic rings. The lowest BCUT2D eigenvalue weighted by molar-refractivity contribution is -0.129.